The molecule has 1 unspecified atom stereocenters. The van der Waals surface area contributed by atoms with Crippen molar-refractivity contribution < 1.29 is 9.53 Å². The summed E-state index contributed by atoms with van der Waals surface area (Å²) in [5.74, 6) is 0.257. The van der Waals surface area contributed by atoms with Crippen molar-refractivity contribution in [2.75, 3.05) is 6.61 Å². The number of carbonyl (C=O) groups is 1. The van der Waals surface area contributed by atoms with E-state index in [0.29, 0.717) is 12.5 Å². The van der Waals surface area contributed by atoms with Crippen LogP contribution in [0.5, 0.6) is 0 Å². The molecule has 0 aliphatic heterocycles. The highest BCUT2D eigenvalue weighted by atomic mass is 16.5. The lowest BCUT2D eigenvalue weighted by Crippen LogP contribution is -2.24. The Morgan fingerprint density at radius 2 is 2.19 bits per heavy atom. The van der Waals surface area contributed by atoms with E-state index in [1.807, 2.05) is 18.2 Å². The maximum absolute atomic E-state index is 11.6. The molecule has 1 aromatic carbocycles. The summed E-state index contributed by atoms with van der Waals surface area (Å²) < 4.78 is 4.95. The molecule has 0 bridgehead atoms. The lowest BCUT2D eigenvalue weighted by atomic mass is 9.98. The molecule has 0 saturated heterocycles. The van der Waals surface area contributed by atoms with Gasteiger partial charge < -0.3 is 10.5 Å². The summed E-state index contributed by atoms with van der Waals surface area (Å²) in [4.78, 5) is 11.6. The highest BCUT2D eigenvalue weighted by molar-refractivity contribution is 5.78. The Bertz CT molecular complexity index is 385. The van der Waals surface area contributed by atoms with E-state index in [9.17, 15) is 4.79 Å². The molecule has 16 heavy (non-hydrogen) atoms. The number of benzene rings is 1. The number of rotatable bonds is 4. The van der Waals surface area contributed by atoms with E-state index in [1.54, 1.807) is 6.92 Å². The lowest BCUT2D eigenvalue weighted by molar-refractivity contribution is -0.144. The average Bonchev–Trinajstić information content (AvgIpc) is 3.12. The number of hydrogen-bond acceptors (Lipinski definition) is 3. The van der Waals surface area contributed by atoms with Crippen LogP contribution in [0.4, 0.5) is 0 Å². The van der Waals surface area contributed by atoms with Crippen molar-refractivity contribution in [3.8, 4) is 0 Å². The molecule has 2 N–H and O–H groups in total. The third-order valence-electron chi connectivity index (χ3n) is 2.89. The highest BCUT2D eigenvalue weighted by Crippen LogP contribution is 2.42. The standard InChI is InChI=1S/C13H17NO2/c1-2-16-13(15)12(14)11-6-4-3-5-10(11)9-7-8-9/h3-6,9,12H,2,7-8,14H2,1H3. The first kappa shape index (κ1) is 11.1. The Labute approximate surface area is 95.6 Å². The van der Waals surface area contributed by atoms with Crippen LogP contribution in [0.15, 0.2) is 24.3 Å². The Morgan fingerprint density at radius 1 is 1.50 bits per heavy atom. The highest BCUT2D eigenvalue weighted by Gasteiger charge is 2.29. The predicted molar refractivity (Wildman–Crippen MR) is 62.0 cm³/mol. The quantitative estimate of drug-likeness (QED) is 0.789. The second kappa shape index (κ2) is 4.66. The van der Waals surface area contributed by atoms with Crippen LogP contribution in [0.3, 0.4) is 0 Å². The molecule has 1 aliphatic rings. The largest absolute Gasteiger partial charge is 0.465 e. The minimum absolute atomic E-state index is 0.337. The molecule has 1 aromatic rings. The summed E-state index contributed by atoms with van der Waals surface area (Å²) in [5, 5.41) is 0. The van der Waals surface area contributed by atoms with Crippen molar-refractivity contribution in [3.05, 3.63) is 35.4 Å². The molecule has 1 aliphatic carbocycles. The van der Waals surface area contributed by atoms with E-state index in [0.717, 1.165) is 5.56 Å². The molecular formula is C13H17NO2. The molecule has 2 rings (SSSR count). The molecule has 1 atom stereocenters. The van der Waals surface area contributed by atoms with E-state index < -0.39 is 6.04 Å². The zero-order chi connectivity index (χ0) is 11.5. The average molecular weight is 219 g/mol. The molecule has 0 radical (unpaired) electrons. The SMILES string of the molecule is CCOC(=O)C(N)c1ccccc1C1CC1. The van der Waals surface area contributed by atoms with Crippen molar-refractivity contribution in [3.63, 3.8) is 0 Å². The van der Waals surface area contributed by atoms with Crippen LogP contribution < -0.4 is 5.73 Å². The summed E-state index contributed by atoms with van der Waals surface area (Å²) >= 11 is 0. The molecule has 86 valence electrons. The number of esters is 1. The van der Waals surface area contributed by atoms with Gasteiger partial charge in [0.05, 0.1) is 6.61 Å². The van der Waals surface area contributed by atoms with Crippen molar-refractivity contribution in [2.45, 2.75) is 31.7 Å². The summed E-state index contributed by atoms with van der Waals surface area (Å²) in [6.07, 6.45) is 2.40. The van der Waals surface area contributed by atoms with E-state index in [1.165, 1.54) is 18.4 Å². The summed E-state index contributed by atoms with van der Waals surface area (Å²) in [6.45, 7) is 2.16. The third-order valence-corrected chi connectivity index (χ3v) is 2.89. The smallest absolute Gasteiger partial charge is 0.327 e. The second-order valence-electron chi connectivity index (χ2n) is 4.13. The maximum Gasteiger partial charge on any atom is 0.327 e. The van der Waals surface area contributed by atoms with Gasteiger partial charge in [-0.2, -0.15) is 0 Å². The minimum Gasteiger partial charge on any atom is -0.465 e. The first-order valence-corrected chi connectivity index (χ1v) is 5.75. The zero-order valence-electron chi connectivity index (χ0n) is 9.48. The van der Waals surface area contributed by atoms with Gasteiger partial charge in [0.25, 0.3) is 0 Å². The van der Waals surface area contributed by atoms with Gasteiger partial charge in [0, 0.05) is 0 Å². The fraction of sp³-hybridized carbons (Fsp3) is 0.462. The maximum atomic E-state index is 11.6. The summed E-state index contributed by atoms with van der Waals surface area (Å²) in [5.41, 5.74) is 8.05. The summed E-state index contributed by atoms with van der Waals surface area (Å²) in [6, 6.07) is 7.26. The van der Waals surface area contributed by atoms with Crippen LogP contribution in [0.1, 0.15) is 42.9 Å². The first-order chi connectivity index (χ1) is 7.74. The van der Waals surface area contributed by atoms with E-state index in [2.05, 4.69) is 6.07 Å². The Hall–Kier alpha value is -1.35. The monoisotopic (exact) mass is 219 g/mol. The van der Waals surface area contributed by atoms with Crippen LogP contribution in [-0.2, 0) is 9.53 Å². The van der Waals surface area contributed by atoms with Crippen LogP contribution in [0.25, 0.3) is 0 Å². The number of carbonyl (C=O) groups excluding carboxylic acids is 1. The molecule has 3 nitrogen and oxygen atoms in total. The van der Waals surface area contributed by atoms with Crippen molar-refractivity contribution >= 4 is 5.97 Å². The fourth-order valence-electron chi connectivity index (χ4n) is 1.92. The Balaban J connectivity index is 2.21. The van der Waals surface area contributed by atoms with Crippen molar-refractivity contribution in [1.29, 1.82) is 0 Å². The van der Waals surface area contributed by atoms with Gasteiger partial charge in [-0.05, 0) is 36.8 Å². The van der Waals surface area contributed by atoms with E-state index >= 15 is 0 Å². The first-order valence-electron chi connectivity index (χ1n) is 5.75. The topological polar surface area (TPSA) is 52.3 Å². The molecule has 0 spiro atoms. The van der Waals surface area contributed by atoms with Crippen LogP contribution in [-0.4, -0.2) is 12.6 Å². The molecule has 1 fully saturated rings. The van der Waals surface area contributed by atoms with Gasteiger partial charge in [0.2, 0.25) is 0 Å². The van der Waals surface area contributed by atoms with E-state index in [-0.39, 0.29) is 5.97 Å². The lowest BCUT2D eigenvalue weighted by Gasteiger charge is -2.14. The van der Waals surface area contributed by atoms with Gasteiger partial charge in [-0.15, -0.1) is 0 Å². The molecule has 3 heteroatoms. The molecule has 0 heterocycles. The van der Waals surface area contributed by atoms with Crippen LogP contribution in [0, 0.1) is 0 Å². The van der Waals surface area contributed by atoms with Gasteiger partial charge in [-0.25, -0.2) is 4.79 Å². The Kier molecular flexibility index (Phi) is 3.25. The summed E-state index contributed by atoms with van der Waals surface area (Å²) in [7, 11) is 0. The number of nitrogens with two attached hydrogens (primary N) is 1. The molecular weight excluding hydrogens is 202 g/mol. The van der Waals surface area contributed by atoms with Crippen LogP contribution >= 0.6 is 0 Å². The predicted octanol–water partition coefficient (Wildman–Crippen LogP) is 2.13. The molecule has 0 aromatic heterocycles. The normalized spacial score (nSPS) is 16.9. The number of hydrogen-bond donors (Lipinski definition) is 1. The van der Waals surface area contributed by atoms with Gasteiger partial charge in [-0.3, -0.25) is 0 Å². The Morgan fingerprint density at radius 3 is 2.81 bits per heavy atom. The van der Waals surface area contributed by atoms with E-state index in [4.69, 9.17) is 10.5 Å². The van der Waals surface area contributed by atoms with Crippen LogP contribution in [0.2, 0.25) is 0 Å². The van der Waals surface area contributed by atoms with Gasteiger partial charge in [0.1, 0.15) is 6.04 Å². The third kappa shape index (κ3) is 2.25. The number of ether oxygens (including phenoxy) is 1. The second-order valence-corrected chi connectivity index (χ2v) is 4.13. The zero-order valence-corrected chi connectivity index (χ0v) is 9.48. The van der Waals surface area contributed by atoms with Crippen molar-refractivity contribution in [2.24, 2.45) is 5.73 Å². The van der Waals surface area contributed by atoms with Gasteiger partial charge in [-0.1, -0.05) is 24.3 Å². The van der Waals surface area contributed by atoms with Gasteiger partial charge >= 0.3 is 5.97 Å². The van der Waals surface area contributed by atoms with Crippen molar-refractivity contribution in [1.82, 2.24) is 0 Å². The molecule has 1 saturated carbocycles. The minimum atomic E-state index is -0.642. The fourth-order valence-corrected chi connectivity index (χ4v) is 1.92. The van der Waals surface area contributed by atoms with Gasteiger partial charge in [0.15, 0.2) is 0 Å². The molecule has 0 amide bonds.